The van der Waals surface area contributed by atoms with E-state index in [1.807, 2.05) is 31.2 Å². The van der Waals surface area contributed by atoms with E-state index in [0.717, 1.165) is 11.1 Å². The van der Waals surface area contributed by atoms with Crippen LogP contribution in [-0.4, -0.2) is 53.5 Å². The van der Waals surface area contributed by atoms with Gasteiger partial charge in [-0.3, -0.25) is 9.47 Å². The van der Waals surface area contributed by atoms with E-state index in [9.17, 15) is 18.0 Å². The maximum absolute atomic E-state index is 12.3. The van der Waals surface area contributed by atoms with Crippen LogP contribution in [0.4, 0.5) is 16.2 Å². The SMILES string of the molecule is CCn1c(=O)[nH]c2cc(NC(=O)Nc3ccc(CN4CCS(=O)(=O)CC4)cc3)ccc21. The van der Waals surface area contributed by atoms with Gasteiger partial charge >= 0.3 is 11.7 Å². The number of hydrogen-bond acceptors (Lipinski definition) is 5. The third kappa shape index (κ3) is 4.97. The lowest BCUT2D eigenvalue weighted by Crippen LogP contribution is -2.39. The second-order valence-electron chi connectivity index (χ2n) is 7.61. The molecule has 2 aromatic carbocycles. The Hall–Kier alpha value is -3.11. The average Bonchev–Trinajstić information content (AvgIpc) is 3.05. The fraction of sp³-hybridized carbons (Fsp3) is 0.333. The van der Waals surface area contributed by atoms with Crippen LogP contribution in [0.5, 0.6) is 0 Å². The van der Waals surface area contributed by atoms with Crippen molar-refractivity contribution in [1.82, 2.24) is 14.5 Å². The minimum absolute atomic E-state index is 0.176. The van der Waals surface area contributed by atoms with Crippen molar-refractivity contribution in [3.05, 3.63) is 58.5 Å². The van der Waals surface area contributed by atoms with Gasteiger partial charge in [-0.2, -0.15) is 0 Å². The van der Waals surface area contributed by atoms with Gasteiger partial charge in [0.15, 0.2) is 9.84 Å². The molecule has 4 rings (SSSR count). The quantitative estimate of drug-likeness (QED) is 0.559. The van der Waals surface area contributed by atoms with Crippen LogP contribution in [-0.2, 0) is 22.9 Å². The van der Waals surface area contributed by atoms with Crippen LogP contribution in [0.25, 0.3) is 11.0 Å². The number of rotatable bonds is 5. The molecule has 0 aliphatic carbocycles. The predicted octanol–water partition coefficient (Wildman–Crippen LogP) is 2.22. The Bertz CT molecular complexity index is 1250. The molecule has 31 heavy (non-hydrogen) atoms. The molecule has 3 aromatic rings. The molecule has 1 fully saturated rings. The zero-order valence-electron chi connectivity index (χ0n) is 17.2. The molecule has 2 heterocycles. The van der Waals surface area contributed by atoms with Crippen LogP contribution in [0, 0.1) is 0 Å². The normalized spacial score (nSPS) is 16.3. The first-order valence-corrected chi connectivity index (χ1v) is 12.0. The largest absolute Gasteiger partial charge is 0.326 e. The highest BCUT2D eigenvalue weighted by Gasteiger charge is 2.21. The predicted molar refractivity (Wildman–Crippen MR) is 121 cm³/mol. The number of urea groups is 1. The van der Waals surface area contributed by atoms with E-state index < -0.39 is 9.84 Å². The van der Waals surface area contributed by atoms with E-state index in [1.54, 1.807) is 22.8 Å². The van der Waals surface area contributed by atoms with Gasteiger partial charge in [0.1, 0.15) is 0 Å². The molecule has 2 amide bonds. The van der Waals surface area contributed by atoms with Crippen molar-refractivity contribution in [2.45, 2.75) is 20.0 Å². The second kappa shape index (κ2) is 8.56. The van der Waals surface area contributed by atoms with E-state index in [4.69, 9.17) is 0 Å². The zero-order valence-corrected chi connectivity index (χ0v) is 18.0. The highest BCUT2D eigenvalue weighted by atomic mass is 32.2. The topological polar surface area (TPSA) is 116 Å². The van der Waals surface area contributed by atoms with Gasteiger partial charge < -0.3 is 15.6 Å². The van der Waals surface area contributed by atoms with Gasteiger partial charge in [-0.15, -0.1) is 0 Å². The number of imidazole rings is 1. The van der Waals surface area contributed by atoms with Gasteiger partial charge in [0.25, 0.3) is 0 Å². The van der Waals surface area contributed by atoms with Gasteiger partial charge in [0.05, 0.1) is 22.5 Å². The third-order valence-corrected chi connectivity index (χ3v) is 7.01. The lowest BCUT2D eigenvalue weighted by Gasteiger charge is -2.26. The smallest absolute Gasteiger partial charge is 0.308 e. The van der Waals surface area contributed by atoms with E-state index >= 15 is 0 Å². The lowest BCUT2D eigenvalue weighted by atomic mass is 10.2. The molecule has 1 aliphatic rings. The summed E-state index contributed by atoms with van der Waals surface area (Å²) in [6, 6.07) is 12.4. The number of aromatic nitrogens is 2. The fourth-order valence-corrected chi connectivity index (χ4v) is 4.99. The van der Waals surface area contributed by atoms with Gasteiger partial charge in [-0.1, -0.05) is 12.1 Å². The number of carbonyl (C=O) groups excluding carboxylic acids is 1. The highest BCUT2D eigenvalue weighted by molar-refractivity contribution is 7.91. The summed E-state index contributed by atoms with van der Waals surface area (Å²) in [4.78, 5) is 29.1. The number of anilines is 2. The number of aromatic amines is 1. The summed E-state index contributed by atoms with van der Waals surface area (Å²) < 4.78 is 24.7. The van der Waals surface area contributed by atoms with Crippen LogP contribution >= 0.6 is 0 Å². The molecule has 0 atom stereocenters. The number of H-pyrrole nitrogens is 1. The summed E-state index contributed by atoms with van der Waals surface area (Å²) in [5, 5.41) is 5.56. The molecule has 1 aromatic heterocycles. The van der Waals surface area contributed by atoms with Gasteiger partial charge in [-0.25, -0.2) is 18.0 Å². The van der Waals surface area contributed by atoms with E-state index in [-0.39, 0.29) is 23.2 Å². The Morgan fingerprint density at radius 1 is 1.03 bits per heavy atom. The van der Waals surface area contributed by atoms with Crippen molar-refractivity contribution in [1.29, 1.82) is 0 Å². The fourth-order valence-electron chi connectivity index (χ4n) is 3.71. The summed E-state index contributed by atoms with van der Waals surface area (Å²) >= 11 is 0. The molecule has 0 unspecified atom stereocenters. The third-order valence-electron chi connectivity index (χ3n) is 5.40. The Morgan fingerprint density at radius 2 is 1.68 bits per heavy atom. The number of hydrogen-bond donors (Lipinski definition) is 3. The van der Waals surface area contributed by atoms with Crippen LogP contribution in [0.1, 0.15) is 12.5 Å². The lowest BCUT2D eigenvalue weighted by molar-refractivity contribution is 0.262. The Kier molecular flexibility index (Phi) is 5.84. The standard InChI is InChI=1S/C21H25N5O4S/c1-2-26-19-8-7-17(13-18(19)24-21(26)28)23-20(27)22-16-5-3-15(4-6-16)14-25-9-11-31(29,30)12-10-25/h3-8,13H,2,9-12,14H2,1H3,(H,24,28)(H2,22,23,27). The monoisotopic (exact) mass is 443 g/mol. The molecule has 0 bridgehead atoms. The van der Waals surface area contributed by atoms with E-state index in [1.165, 1.54) is 0 Å². The number of carbonyl (C=O) groups is 1. The average molecular weight is 444 g/mol. The second-order valence-corrected chi connectivity index (χ2v) is 9.91. The summed E-state index contributed by atoms with van der Waals surface area (Å²) in [7, 11) is -2.88. The molecule has 3 N–H and O–H groups in total. The number of nitrogens with one attached hydrogen (secondary N) is 3. The molecule has 1 saturated heterocycles. The number of aryl methyl sites for hydroxylation is 1. The van der Waals surface area contributed by atoms with Crippen molar-refractivity contribution < 1.29 is 13.2 Å². The van der Waals surface area contributed by atoms with Gasteiger partial charge in [0.2, 0.25) is 0 Å². The molecule has 10 heteroatoms. The number of nitrogens with zero attached hydrogens (tertiary/aromatic N) is 2. The van der Waals surface area contributed by atoms with Gasteiger partial charge in [-0.05, 0) is 42.8 Å². The van der Waals surface area contributed by atoms with Crippen LogP contribution in [0.15, 0.2) is 47.3 Å². The first-order chi connectivity index (χ1) is 14.8. The molecule has 9 nitrogen and oxygen atoms in total. The van der Waals surface area contributed by atoms with Crippen molar-refractivity contribution in [2.75, 3.05) is 35.2 Å². The number of sulfone groups is 1. The number of amides is 2. The van der Waals surface area contributed by atoms with E-state index in [0.29, 0.717) is 43.1 Å². The number of benzene rings is 2. The molecular formula is C21H25N5O4S. The van der Waals surface area contributed by atoms with Crippen molar-refractivity contribution in [2.24, 2.45) is 0 Å². The Balaban J connectivity index is 1.34. The molecule has 0 spiro atoms. The highest BCUT2D eigenvalue weighted by Crippen LogP contribution is 2.18. The maximum atomic E-state index is 12.3. The molecule has 164 valence electrons. The van der Waals surface area contributed by atoms with Crippen molar-refractivity contribution in [3.63, 3.8) is 0 Å². The molecular weight excluding hydrogens is 418 g/mol. The minimum atomic E-state index is -2.88. The molecule has 0 saturated carbocycles. The van der Waals surface area contributed by atoms with Crippen molar-refractivity contribution >= 4 is 38.3 Å². The Morgan fingerprint density at radius 3 is 2.35 bits per heavy atom. The Labute approximate surface area is 180 Å². The number of fused-ring (bicyclic) bond motifs is 1. The van der Waals surface area contributed by atoms with Crippen LogP contribution < -0.4 is 16.3 Å². The van der Waals surface area contributed by atoms with Crippen LogP contribution in [0.3, 0.4) is 0 Å². The summed E-state index contributed by atoms with van der Waals surface area (Å²) in [6.45, 7) is 4.23. The zero-order chi connectivity index (χ0) is 22.0. The van der Waals surface area contributed by atoms with Crippen molar-refractivity contribution in [3.8, 4) is 0 Å². The maximum Gasteiger partial charge on any atom is 0.326 e. The van der Waals surface area contributed by atoms with Crippen LogP contribution in [0.2, 0.25) is 0 Å². The minimum Gasteiger partial charge on any atom is -0.308 e. The van der Waals surface area contributed by atoms with E-state index in [2.05, 4.69) is 20.5 Å². The first-order valence-electron chi connectivity index (χ1n) is 10.2. The van der Waals surface area contributed by atoms with Gasteiger partial charge in [0, 0.05) is 37.6 Å². The molecule has 0 radical (unpaired) electrons. The summed E-state index contributed by atoms with van der Waals surface area (Å²) in [6.07, 6.45) is 0. The first kappa shape index (κ1) is 21.1. The summed E-state index contributed by atoms with van der Waals surface area (Å²) in [5.74, 6) is 0.408. The summed E-state index contributed by atoms with van der Waals surface area (Å²) in [5.41, 5.74) is 3.56. The molecule has 1 aliphatic heterocycles.